The van der Waals surface area contributed by atoms with Gasteiger partial charge in [0.05, 0.1) is 0 Å². The predicted molar refractivity (Wildman–Crippen MR) is 103 cm³/mol. The van der Waals surface area contributed by atoms with Gasteiger partial charge in [0.25, 0.3) is 0 Å². The Balaban J connectivity index is 2.09. The second-order valence-corrected chi connectivity index (χ2v) is 11.5. The number of nitro groups is 1. The Bertz CT molecular complexity index is 990. The number of hydrogen-bond donors (Lipinski definition) is 0. The van der Waals surface area contributed by atoms with E-state index in [0.29, 0.717) is 17.7 Å². The Kier molecular flexibility index (Phi) is 6.23. The molecule has 0 aromatic heterocycles. The van der Waals surface area contributed by atoms with Crippen LogP contribution in [0.2, 0.25) is 0 Å². The molecule has 1 aliphatic rings. The molecule has 0 fully saturated rings. The molecule has 2 aromatic carbocycles. The van der Waals surface area contributed by atoms with Crippen LogP contribution in [-0.2, 0) is 18.3 Å². The third-order valence-corrected chi connectivity index (χ3v) is 5.94. The molecule has 0 bridgehead atoms. The SMILES string of the molecule is CCC1Oc2c([CH]=[Ru]([Cl])[Cl])cccc2N(C(=O)c2ccc([N+](=O)[O-])cc2)C1=O. The number of ether oxygens (including phenoxy) is 1. The van der Waals surface area contributed by atoms with Crippen LogP contribution in [0.4, 0.5) is 11.4 Å². The van der Waals surface area contributed by atoms with Crippen LogP contribution >= 0.6 is 19.4 Å². The van der Waals surface area contributed by atoms with Crippen molar-refractivity contribution in [1.29, 1.82) is 0 Å². The minimum absolute atomic E-state index is 0.144. The number of carbonyl (C=O) groups excluding carboxylic acids is 2. The predicted octanol–water partition coefficient (Wildman–Crippen LogP) is 4.02. The summed E-state index contributed by atoms with van der Waals surface area (Å²) in [6.45, 7) is 1.77. The minimum atomic E-state index is -2.17. The topological polar surface area (TPSA) is 89.8 Å². The van der Waals surface area contributed by atoms with E-state index in [1.54, 1.807) is 29.7 Å². The molecule has 0 N–H and O–H groups in total. The van der Waals surface area contributed by atoms with Crippen LogP contribution in [0.15, 0.2) is 42.5 Å². The first-order valence-electron chi connectivity index (χ1n) is 8.09. The van der Waals surface area contributed by atoms with E-state index in [2.05, 4.69) is 0 Å². The fourth-order valence-electron chi connectivity index (χ4n) is 2.79. The molecule has 1 atom stereocenters. The van der Waals surface area contributed by atoms with Crippen LogP contribution in [0.5, 0.6) is 5.75 Å². The van der Waals surface area contributed by atoms with Crippen LogP contribution in [0.1, 0.15) is 29.3 Å². The number of nitro benzene ring substituents is 1. The van der Waals surface area contributed by atoms with E-state index in [1.165, 1.54) is 24.3 Å². The van der Waals surface area contributed by atoms with Crippen molar-refractivity contribution in [2.45, 2.75) is 19.4 Å². The van der Waals surface area contributed by atoms with Crippen molar-refractivity contribution < 1.29 is 32.8 Å². The maximum atomic E-state index is 13.1. The molecule has 0 radical (unpaired) electrons. The number of hydrogen-bond acceptors (Lipinski definition) is 5. The average molecular weight is 510 g/mol. The summed E-state index contributed by atoms with van der Waals surface area (Å²) < 4.78 is 7.52. The maximum absolute atomic E-state index is 13.1. The molecule has 0 spiro atoms. The van der Waals surface area contributed by atoms with Crippen LogP contribution in [0.3, 0.4) is 0 Å². The van der Waals surface area contributed by atoms with E-state index in [0.717, 1.165) is 4.90 Å². The molecule has 148 valence electrons. The van der Waals surface area contributed by atoms with E-state index in [1.807, 2.05) is 0 Å². The molecular weight excluding hydrogens is 496 g/mol. The summed E-state index contributed by atoms with van der Waals surface area (Å²) in [7, 11) is 12.0. The zero-order valence-electron chi connectivity index (χ0n) is 14.4. The van der Waals surface area contributed by atoms with E-state index in [9.17, 15) is 19.7 Å². The number of para-hydroxylation sites is 1. The molecule has 0 aliphatic carbocycles. The van der Waals surface area contributed by atoms with Gasteiger partial charge in [0.1, 0.15) is 0 Å². The molecule has 0 saturated heterocycles. The van der Waals surface area contributed by atoms with E-state index < -0.39 is 36.4 Å². The Morgan fingerprint density at radius 2 is 1.96 bits per heavy atom. The molecule has 7 nitrogen and oxygen atoms in total. The molecule has 2 amide bonds. The molecule has 3 rings (SSSR count). The molecular formula is C18H14Cl2N2O5Ru. The summed E-state index contributed by atoms with van der Waals surface area (Å²) >= 11 is -2.17. The van der Waals surface area contributed by atoms with E-state index in [4.69, 9.17) is 24.1 Å². The van der Waals surface area contributed by atoms with Gasteiger partial charge in [0.15, 0.2) is 0 Å². The van der Waals surface area contributed by atoms with Gasteiger partial charge in [-0.25, -0.2) is 0 Å². The molecule has 28 heavy (non-hydrogen) atoms. The Morgan fingerprint density at radius 3 is 2.54 bits per heavy atom. The van der Waals surface area contributed by atoms with Crippen molar-refractivity contribution in [3.05, 3.63) is 63.7 Å². The van der Waals surface area contributed by atoms with E-state index in [-0.39, 0.29) is 16.9 Å². The van der Waals surface area contributed by atoms with Crippen LogP contribution < -0.4 is 9.64 Å². The third-order valence-electron chi connectivity index (χ3n) is 4.11. The molecule has 0 saturated carbocycles. The Morgan fingerprint density at radius 1 is 1.29 bits per heavy atom. The Labute approximate surface area is 173 Å². The standard InChI is InChI=1S/C18H14N2O5.2ClH.Ru/c1-3-15-18(22)19(14-6-4-5-11(2)16(14)25-15)17(21)12-7-9-13(10-8-12)20(23)24;;;/h2,4-10,15H,3H2,1H3;2*1H;/q;;;+2/p-2. The van der Waals surface area contributed by atoms with Crippen molar-refractivity contribution in [2.24, 2.45) is 0 Å². The molecule has 1 heterocycles. The molecule has 1 aliphatic heterocycles. The summed E-state index contributed by atoms with van der Waals surface area (Å²) in [5, 5.41) is 10.8. The van der Waals surface area contributed by atoms with Crippen LogP contribution in [-0.4, -0.2) is 27.5 Å². The number of nitrogens with zero attached hydrogens (tertiary/aromatic N) is 2. The van der Waals surface area contributed by atoms with Crippen LogP contribution in [0, 0.1) is 10.1 Å². The molecule has 2 aromatic rings. The number of non-ortho nitro benzene ring substituents is 1. The van der Waals surface area contributed by atoms with Gasteiger partial charge in [0, 0.05) is 0 Å². The van der Waals surface area contributed by atoms with Crippen molar-refractivity contribution >= 4 is 47.2 Å². The second-order valence-electron chi connectivity index (χ2n) is 5.80. The number of carbonyl (C=O) groups is 2. The zero-order chi connectivity index (χ0) is 20.4. The summed E-state index contributed by atoms with van der Waals surface area (Å²) in [5.41, 5.74) is 0.913. The third kappa shape index (κ3) is 3.99. The van der Waals surface area contributed by atoms with Gasteiger partial charge in [-0.05, 0) is 0 Å². The number of anilines is 1. The summed E-state index contributed by atoms with van der Waals surface area (Å²) in [5.74, 6) is -0.725. The van der Waals surface area contributed by atoms with Gasteiger partial charge in [0.2, 0.25) is 0 Å². The van der Waals surface area contributed by atoms with Gasteiger partial charge in [-0.15, -0.1) is 0 Å². The monoisotopic (exact) mass is 510 g/mol. The molecule has 1 unspecified atom stereocenters. The van der Waals surface area contributed by atoms with Crippen LogP contribution in [0.25, 0.3) is 0 Å². The quantitative estimate of drug-likeness (QED) is 0.269. The first kappa shape index (κ1) is 20.6. The van der Waals surface area contributed by atoms with Gasteiger partial charge in [-0.2, -0.15) is 0 Å². The average Bonchev–Trinajstić information content (AvgIpc) is 2.67. The van der Waals surface area contributed by atoms with Gasteiger partial charge < -0.3 is 0 Å². The van der Waals surface area contributed by atoms with Crippen molar-refractivity contribution in [2.75, 3.05) is 4.90 Å². The number of rotatable bonds is 4. The Hall–Kier alpha value is -2.15. The van der Waals surface area contributed by atoms with Gasteiger partial charge >= 0.3 is 174 Å². The fraction of sp³-hybridized carbons (Fsp3) is 0.167. The fourth-order valence-corrected chi connectivity index (χ4v) is 4.58. The number of halogens is 2. The first-order chi connectivity index (χ1) is 13.3. The number of imide groups is 1. The number of fused-ring (bicyclic) bond motifs is 1. The normalized spacial score (nSPS) is 16.1. The summed E-state index contributed by atoms with van der Waals surface area (Å²) in [6, 6.07) is 10.1. The molecule has 10 heteroatoms. The zero-order valence-corrected chi connectivity index (χ0v) is 17.7. The van der Waals surface area contributed by atoms with Crippen molar-refractivity contribution in [3.63, 3.8) is 0 Å². The summed E-state index contributed by atoms with van der Waals surface area (Å²) in [4.78, 5) is 37.2. The number of benzene rings is 2. The number of amides is 2. The van der Waals surface area contributed by atoms with Crippen molar-refractivity contribution in [1.82, 2.24) is 0 Å². The van der Waals surface area contributed by atoms with Crippen molar-refractivity contribution in [3.8, 4) is 5.75 Å². The van der Waals surface area contributed by atoms with Gasteiger partial charge in [-0.3, -0.25) is 0 Å². The second kappa shape index (κ2) is 8.47. The summed E-state index contributed by atoms with van der Waals surface area (Å²) in [6.07, 6.45) is -0.477. The first-order valence-corrected chi connectivity index (χ1v) is 13.6. The van der Waals surface area contributed by atoms with Gasteiger partial charge in [-0.1, -0.05) is 0 Å². The van der Waals surface area contributed by atoms with E-state index >= 15 is 0 Å².